The van der Waals surface area contributed by atoms with Gasteiger partial charge in [0.15, 0.2) is 0 Å². The zero-order valence-electron chi connectivity index (χ0n) is 12.5. The molecule has 1 N–H and O–H groups in total. The lowest BCUT2D eigenvalue weighted by Gasteiger charge is -2.26. The quantitative estimate of drug-likeness (QED) is 0.870. The molecule has 0 aliphatic heterocycles. The Morgan fingerprint density at radius 1 is 1.36 bits per heavy atom. The summed E-state index contributed by atoms with van der Waals surface area (Å²) in [5.74, 6) is -0.956. The lowest BCUT2D eigenvalue weighted by Crippen LogP contribution is -2.39. The molecule has 4 nitrogen and oxygen atoms in total. The Balaban J connectivity index is 2.17. The summed E-state index contributed by atoms with van der Waals surface area (Å²) in [6, 6.07) is 5.62. The zero-order valence-corrected chi connectivity index (χ0v) is 14.1. The zero-order chi connectivity index (χ0) is 16.3. The van der Waals surface area contributed by atoms with Gasteiger partial charge in [0.25, 0.3) is 0 Å². The summed E-state index contributed by atoms with van der Waals surface area (Å²) in [7, 11) is 0. The number of carboxylic acids is 1. The summed E-state index contributed by atoms with van der Waals surface area (Å²) >= 11 is 7.61. The Hall–Kier alpha value is -1.59. The van der Waals surface area contributed by atoms with Crippen molar-refractivity contribution in [2.45, 2.75) is 32.7 Å². The molecular formula is C16H18ClNO3S. The Labute approximate surface area is 138 Å². The van der Waals surface area contributed by atoms with Crippen LogP contribution in [0.1, 0.15) is 25.8 Å². The highest BCUT2D eigenvalue weighted by atomic mass is 35.5. The van der Waals surface area contributed by atoms with Crippen molar-refractivity contribution in [2.24, 2.45) is 0 Å². The monoisotopic (exact) mass is 339 g/mol. The Morgan fingerprint density at radius 2 is 2.09 bits per heavy atom. The first-order chi connectivity index (χ1) is 10.4. The molecule has 0 spiro atoms. The molecule has 1 amide bonds. The van der Waals surface area contributed by atoms with Crippen LogP contribution in [0.3, 0.4) is 0 Å². The summed E-state index contributed by atoms with van der Waals surface area (Å²) in [6.45, 7) is 4.01. The molecular weight excluding hydrogens is 322 g/mol. The van der Waals surface area contributed by atoms with Gasteiger partial charge in [0.1, 0.15) is 0 Å². The number of carboxylic acid groups (broad SMARTS) is 1. The van der Waals surface area contributed by atoms with Crippen molar-refractivity contribution in [3.05, 3.63) is 34.2 Å². The Bertz CT molecular complexity index is 696. The molecule has 22 heavy (non-hydrogen) atoms. The fourth-order valence-corrected chi connectivity index (χ4v) is 3.46. The topological polar surface area (TPSA) is 57.6 Å². The van der Waals surface area contributed by atoms with Gasteiger partial charge in [-0.1, -0.05) is 11.6 Å². The van der Waals surface area contributed by atoms with Crippen LogP contribution in [0.15, 0.2) is 23.6 Å². The minimum Gasteiger partial charge on any atom is -0.481 e. The number of rotatable bonds is 6. The van der Waals surface area contributed by atoms with Gasteiger partial charge in [0.2, 0.25) is 5.91 Å². The maximum Gasteiger partial charge on any atom is 0.305 e. The molecule has 0 aliphatic rings. The van der Waals surface area contributed by atoms with E-state index in [-0.39, 0.29) is 31.3 Å². The second-order valence-electron chi connectivity index (χ2n) is 5.40. The van der Waals surface area contributed by atoms with Crippen LogP contribution in [0.4, 0.5) is 0 Å². The highest BCUT2D eigenvalue weighted by Crippen LogP contribution is 2.29. The van der Waals surface area contributed by atoms with Crippen LogP contribution in [0.25, 0.3) is 10.1 Å². The van der Waals surface area contributed by atoms with Gasteiger partial charge in [-0.05, 0) is 48.4 Å². The first-order valence-corrected chi connectivity index (χ1v) is 8.31. The van der Waals surface area contributed by atoms with E-state index in [0.717, 1.165) is 15.6 Å². The van der Waals surface area contributed by atoms with Crippen LogP contribution in [-0.4, -0.2) is 34.5 Å². The number of hydrogen-bond donors (Lipinski definition) is 1. The van der Waals surface area contributed by atoms with Crippen molar-refractivity contribution in [1.29, 1.82) is 0 Å². The van der Waals surface area contributed by atoms with Gasteiger partial charge in [-0.3, -0.25) is 9.59 Å². The van der Waals surface area contributed by atoms with E-state index in [1.54, 1.807) is 16.2 Å². The van der Waals surface area contributed by atoms with Gasteiger partial charge >= 0.3 is 5.97 Å². The van der Waals surface area contributed by atoms with Crippen LogP contribution < -0.4 is 0 Å². The summed E-state index contributed by atoms with van der Waals surface area (Å²) in [6.07, 6.45) is 0.221. The van der Waals surface area contributed by atoms with E-state index in [9.17, 15) is 9.59 Å². The van der Waals surface area contributed by atoms with Crippen molar-refractivity contribution < 1.29 is 14.7 Å². The van der Waals surface area contributed by atoms with Crippen LogP contribution in [-0.2, 0) is 16.0 Å². The molecule has 0 fully saturated rings. The number of carbonyl (C=O) groups is 2. The van der Waals surface area contributed by atoms with Gasteiger partial charge in [-0.25, -0.2) is 0 Å². The predicted molar refractivity (Wildman–Crippen MR) is 89.6 cm³/mol. The van der Waals surface area contributed by atoms with Crippen molar-refractivity contribution in [3.8, 4) is 0 Å². The number of hydrogen-bond acceptors (Lipinski definition) is 3. The molecule has 1 aromatic carbocycles. The van der Waals surface area contributed by atoms with E-state index in [0.29, 0.717) is 5.02 Å². The highest BCUT2D eigenvalue weighted by molar-refractivity contribution is 7.17. The number of halogens is 1. The summed E-state index contributed by atoms with van der Waals surface area (Å²) < 4.78 is 1.09. The van der Waals surface area contributed by atoms with Crippen molar-refractivity contribution in [2.75, 3.05) is 6.54 Å². The van der Waals surface area contributed by atoms with Crippen molar-refractivity contribution in [1.82, 2.24) is 4.90 Å². The van der Waals surface area contributed by atoms with Crippen molar-refractivity contribution in [3.63, 3.8) is 0 Å². The minimum atomic E-state index is -0.897. The molecule has 2 aromatic rings. The SMILES string of the molecule is CC(C)N(CCC(=O)O)C(=O)Cc1csc2ccc(Cl)cc12. The standard InChI is InChI=1S/C16H18ClNO3S/c1-10(2)18(6-5-16(20)21)15(19)7-11-9-22-14-4-3-12(17)8-13(11)14/h3-4,8-10H,5-7H2,1-2H3,(H,20,21). The lowest BCUT2D eigenvalue weighted by molar-refractivity contribution is -0.138. The molecule has 0 atom stereocenters. The van der Waals surface area contributed by atoms with Gasteiger partial charge in [0.05, 0.1) is 12.8 Å². The van der Waals surface area contributed by atoms with Gasteiger partial charge in [-0.2, -0.15) is 0 Å². The fraction of sp³-hybridized carbons (Fsp3) is 0.375. The van der Waals surface area contributed by atoms with E-state index in [2.05, 4.69) is 0 Å². The number of nitrogens with zero attached hydrogens (tertiary/aromatic N) is 1. The van der Waals surface area contributed by atoms with Gasteiger partial charge in [0, 0.05) is 22.3 Å². The Morgan fingerprint density at radius 3 is 2.73 bits per heavy atom. The summed E-state index contributed by atoms with van der Waals surface area (Å²) in [5, 5.41) is 12.4. The number of amides is 1. The molecule has 0 saturated carbocycles. The summed E-state index contributed by atoms with van der Waals surface area (Å²) in [4.78, 5) is 24.8. The van der Waals surface area contributed by atoms with Crippen LogP contribution in [0.5, 0.6) is 0 Å². The number of thiophene rings is 1. The van der Waals surface area contributed by atoms with E-state index >= 15 is 0 Å². The maximum atomic E-state index is 12.5. The van der Waals surface area contributed by atoms with Crippen LogP contribution in [0, 0.1) is 0 Å². The first-order valence-electron chi connectivity index (χ1n) is 7.05. The molecule has 1 heterocycles. The molecule has 1 aromatic heterocycles. The van der Waals surface area contributed by atoms with E-state index in [1.165, 1.54) is 0 Å². The van der Waals surface area contributed by atoms with Crippen molar-refractivity contribution >= 4 is 44.9 Å². The molecule has 0 saturated heterocycles. The van der Waals surface area contributed by atoms with Crippen LogP contribution in [0.2, 0.25) is 5.02 Å². The average Bonchev–Trinajstić information content (AvgIpc) is 2.80. The smallest absolute Gasteiger partial charge is 0.305 e. The largest absolute Gasteiger partial charge is 0.481 e. The first kappa shape index (κ1) is 16.8. The molecule has 2 rings (SSSR count). The van der Waals surface area contributed by atoms with Crippen LogP contribution >= 0.6 is 22.9 Å². The molecule has 0 unspecified atom stereocenters. The Kier molecular flexibility index (Phi) is 5.42. The third kappa shape index (κ3) is 3.99. The molecule has 0 bridgehead atoms. The molecule has 0 radical (unpaired) electrons. The van der Waals surface area contributed by atoms with E-state index in [1.807, 2.05) is 37.4 Å². The minimum absolute atomic E-state index is 0.0275. The second kappa shape index (κ2) is 7.11. The highest BCUT2D eigenvalue weighted by Gasteiger charge is 2.19. The molecule has 118 valence electrons. The normalized spacial score (nSPS) is 11.1. The number of benzene rings is 1. The maximum absolute atomic E-state index is 12.5. The average molecular weight is 340 g/mol. The predicted octanol–water partition coefficient (Wildman–Crippen LogP) is 3.81. The third-order valence-electron chi connectivity index (χ3n) is 3.47. The number of carbonyl (C=O) groups excluding carboxylic acids is 1. The molecule has 6 heteroatoms. The third-order valence-corrected chi connectivity index (χ3v) is 4.72. The lowest BCUT2D eigenvalue weighted by atomic mass is 10.1. The summed E-state index contributed by atoms with van der Waals surface area (Å²) in [5.41, 5.74) is 0.938. The van der Waals surface area contributed by atoms with Gasteiger partial charge < -0.3 is 10.0 Å². The van der Waals surface area contributed by atoms with Gasteiger partial charge in [-0.15, -0.1) is 11.3 Å². The second-order valence-corrected chi connectivity index (χ2v) is 6.75. The molecule has 0 aliphatic carbocycles. The number of aliphatic carboxylic acids is 1. The number of fused-ring (bicyclic) bond motifs is 1. The van der Waals surface area contributed by atoms with E-state index < -0.39 is 5.97 Å². The fourth-order valence-electron chi connectivity index (χ4n) is 2.34. The van der Waals surface area contributed by atoms with E-state index in [4.69, 9.17) is 16.7 Å².